The highest BCUT2D eigenvalue weighted by Gasteiger charge is 2.09. The SMILES string of the molecule is CC(C)Cn1nccc1NC(=O)c1ccncc1. The molecule has 18 heavy (non-hydrogen) atoms. The fraction of sp³-hybridized carbons (Fsp3) is 0.308. The normalized spacial score (nSPS) is 10.6. The first kappa shape index (κ1) is 12.3. The Morgan fingerprint density at radius 1 is 1.28 bits per heavy atom. The van der Waals surface area contributed by atoms with Gasteiger partial charge in [-0.05, 0) is 18.1 Å². The number of hydrogen-bond acceptors (Lipinski definition) is 3. The third kappa shape index (κ3) is 2.94. The number of pyridine rings is 1. The van der Waals surface area contributed by atoms with Crippen LogP contribution >= 0.6 is 0 Å². The van der Waals surface area contributed by atoms with Crippen LogP contribution < -0.4 is 5.32 Å². The van der Waals surface area contributed by atoms with E-state index in [9.17, 15) is 4.79 Å². The van der Waals surface area contributed by atoms with Gasteiger partial charge in [-0.1, -0.05) is 13.8 Å². The highest BCUT2D eigenvalue weighted by atomic mass is 16.1. The quantitative estimate of drug-likeness (QED) is 0.896. The summed E-state index contributed by atoms with van der Waals surface area (Å²) in [5, 5.41) is 7.04. The van der Waals surface area contributed by atoms with Crippen molar-refractivity contribution < 1.29 is 4.79 Å². The van der Waals surface area contributed by atoms with Gasteiger partial charge in [-0.2, -0.15) is 5.10 Å². The minimum atomic E-state index is -0.150. The minimum Gasteiger partial charge on any atom is -0.307 e. The number of rotatable bonds is 4. The van der Waals surface area contributed by atoms with Crippen LogP contribution in [0.2, 0.25) is 0 Å². The van der Waals surface area contributed by atoms with E-state index in [1.165, 1.54) is 0 Å². The first-order chi connectivity index (χ1) is 8.66. The summed E-state index contributed by atoms with van der Waals surface area (Å²) in [6.07, 6.45) is 4.88. The molecule has 2 aromatic rings. The van der Waals surface area contributed by atoms with Gasteiger partial charge in [0.15, 0.2) is 0 Å². The van der Waals surface area contributed by atoms with Gasteiger partial charge in [0.1, 0.15) is 5.82 Å². The molecular weight excluding hydrogens is 228 g/mol. The Labute approximate surface area is 106 Å². The van der Waals surface area contributed by atoms with Crippen LogP contribution in [0.25, 0.3) is 0 Å². The van der Waals surface area contributed by atoms with Crippen LogP contribution in [0.15, 0.2) is 36.8 Å². The van der Waals surface area contributed by atoms with E-state index in [1.807, 2.05) is 0 Å². The van der Waals surface area contributed by atoms with Gasteiger partial charge in [-0.15, -0.1) is 0 Å². The van der Waals surface area contributed by atoms with Crippen LogP contribution in [0.4, 0.5) is 5.82 Å². The van der Waals surface area contributed by atoms with E-state index >= 15 is 0 Å². The second-order valence-corrected chi connectivity index (χ2v) is 4.48. The lowest BCUT2D eigenvalue weighted by Gasteiger charge is -2.10. The monoisotopic (exact) mass is 244 g/mol. The van der Waals surface area contributed by atoms with Crippen molar-refractivity contribution in [3.8, 4) is 0 Å². The second-order valence-electron chi connectivity index (χ2n) is 4.48. The Morgan fingerprint density at radius 3 is 2.67 bits per heavy atom. The molecule has 0 bridgehead atoms. The van der Waals surface area contributed by atoms with E-state index in [1.54, 1.807) is 41.5 Å². The lowest BCUT2D eigenvalue weighted by molar-refractivity contribution is 0.102. The first-order valence-electron chi connectivity index (χ1n) is 5.90. The maximum atomic E-state index is 12.0. The maximum absolute atomic E-state index is 12.0. The summed E-state index contributed by atoms with van der Waals surface area (Å²) in [7, 11) is 0. The molecule has 0 fully saturated rings. The van der Waals surface area contributed by atoms with Crippen LogP contribution in [0.1, 0.15) is 24.2 Å². The molecule has 2 aromatic heterocycles. The van der Waals surface area contributed by atoms with Crippen LogP contribution in [-0.4, -0.2) is 20.7 Å². The molecule has 5 nitrogen and oxygen atoms in total. The van der Waals surface area contributed by atoms with Gasteiger partial charge in [0.25, 0.3) is 5.91 Å². The summed E-state index contributed by atoms with van der Waals surface area (Å²) in [6.45, 7) is 4.99. The molecule has 0 aromatic carbocycles. The van der Waals surface area contributed by atoms with Crippen molar-refractivity contribution in [1.29, 1.82) is 0 Å². The van der Waals surface area contributed by atoms with Gasteiger partial charge in [0, 0.05) is 30.6 Å². The summed E-state index contributed by atoms with van der Waals surface area (Å²) in [4.78, 5) is 15.9. The number of carbonyl (C=O) groups excluding carboxylic acids is 1. The zero-order valence-corrected chi connectivity index (χ0v) is 10.5. The summed E-state index contributed by atoms with van der Waals surface area (Å²) in [6, 6.07) is 5.15. The summed E-state index contributed by atoms with van der Waals surface area (Å²) in [5.74, 6) is 1.04. The molecule has 5 heteroatoms. The molecule has 0 aliphatic carbocycles. The van der Waals surface area contributed by atoms with Crippen LogP contribution in [0.3, 0.4) is 0 Å². The van der Waals surface area contributed by atoms with Crippen LogP contribution in [0, 0.1) is 5.92 Å². The van der Waals surface area contributed by atoms with Gasteiger partial charge in [-0.3, -0.25) is 9.78 Å². The molecule has 94 valence electrons. The molecule has 0 saturated carbocycles. The maximum Gasteiger partial charge on any atom is 0.256 e. The zero-order chi connectivity index (χ0) is 13.0. The topological polar surface area (TPSA) is 59.8 Å². The van der Waals surface area contributed by atoms with E-state index in [2.05, 4.69) is 29.2 Å². The molecule has 0 spiro atoms. The lowest BCUT2D eigenvalue weighted by Crippen LogP contribution is -2.17. The zero-order valence-electron chi connectivity index (χ0n) is 10.5. The molecule has 0 unspecified atom stereocenters. The average Bonchev–Trinajstić information content (AvgIpc) is 2.77. The number of nitrogens with one attached hydrogen (secondary N) is 1. The molecule has 1 amide bonds. The van der Waals surface area contributed by atoms with E-state index in [0.29, 0.717) is 17.3 Å². The number of hydrogen-bond donors (Lipinski definition) is 1. The van der Waals surface area contributed by atoms with Crippen molar-refractivity contribution in [2.75, 3.05) is 5.32 Å². The van der Waals surface area contributed by atoms with Gasteiger partial charge < -0.3 is 5.32 Å². The Balaban J connectivity index is 2.10. The molecule has 0 aliphatic heterocycles. The van der Waals surface area contributed by atoms with E-state index in [4.69, 9.17) is 0 Å². The minimum absolute atomic E-state index is 0.150. The second kappa shape index (κ2) is 5.44. The first-order valence-corrected chi connectivity index (χ1v) is 5.90. The molecular formula is C13H16N4O. The van der Waals surface area contributed by atoms with Crippen LogP contribution in [0.5, 0.6) is 0 Å². The van der Waals surface area contributed by atoms with Gasteiger partial charge in [0.05, 0.1) is 6.20 Å². The molecule has 0 saturated heterocycles. The summed E-state index contributed by atoms with van der Waals surface area (Å²) < 4.78 is 1.80. The van der Waals surface area contributed by atoms with E-state index < -0.39 is 0 Å². The third-order valence-corrected chi connectivity index (χ3v) is 2.44. The number of anilines is 1. The van der Waals surface area contributed by atoms with Crippen LogP contribution in [-0.2, 0) is 6.54 Å². The summed E-state index contributed by atoms with van der Waals surface area (Å²) >= 11 is 0. The van der Waals surface area contributed by atoms with E-state index in [-0.39, 0.29) is 5.91 Å². The number of amides is 1. The number of nitrogens with zero attached hydrogens (tertiary/aromatic N) is 3. The van der Waals surface area contributed by atoms with Crippen molar-refractivity contribution in [3.63, 3.8) is 0 Å². The van der Waals surface area contributed by atoms with Crippen molar-refractivity contribution in [2.24, 2.45) is 5.92 Å². The Bertz CT molecular complexity index is 519. The molecule has 0 radical (unpaired) electrons. The van der Waals surface area contributed by atoms with Crippen molar-refractivity contribution in [3.05, 3.63) is 42.4 Å². The standard InChI is InChI=1S/C13H16N4O/c1-10(2)9-17-12(5-8-15-17)16-13(18)11-3-6-14-7-4-11/h3-8,10H,9H2,1-2H3,(H,16,18). The highest BCUT2D eigenvalue weighted by Crippen LogP contribution is 2.11. The molecule has 0 atom stereocenters. The Hall–Kier alpha value is -2.17. The Kier molecular flexibility index (Phi) is 3.72. The number of aromatic nitrogens is 3. The predicted molar refractivity (Wildman–Crippen MR) is 69.3 cm³/mol. The average molecular weight is 244 g/mol. The van der Waals surface area contributed by atoms with Gasteiger partial charge >= 0.3 is 0 Å². The van der Waals surface area contributed by atoms with E-state index in [0.717, 1.165) is 6.54 Å². The summed E-state index contributed by atoms with van der Waals surface area (Å²) in [5.41, 5.74) is 0.585. The Morgan fingerprint density at radius 2 is 2.00 bits per heavy atom. The molecule has 0 aliphatic rings. The molecule has 1 N–H and O–H groups in total. The van der Waals surface area contributed by atoms with Crippen molar-refractivity contribution >= 4 is 11.7 Å². The molecule has 2 heterocycles. The third-order valence-electron chi connectivity index (χ3n) is 2.44. The van der Waals surface area contributed by atoms with Crippen molar-refractivity contribution in [2.45, 2.75) is 20.4 Å². The fourth-order valence-electron chi connectivity index (χ4n) is 1.62. The smallest absolute Gasteiger partial charge is 0.256 e. The van der Waals surface area contributed by atoms with Gasteiger partial charge in [0.2, 0.25) is 0 Å². The lowest BCUT2D eigenvalue weighted by atomic mass is 10.2. The fourth-order valence-corrected chi connectivity index (χ4v) is 1.62. The number of carbonyl (C=O) groups is 1. The predicted octanol–water partition coefficient (Wildman–Crippen LogP) is 2.19. The highest BCUT2D eigenvalue weighted by molar-refractivity contribution is 6.03. The largest absolute Gasteiger partial charge is 0.307 e. The molecule has 2 rings (SSSR count). The van der Waals surface area contributed by atoms with Gasteiger partial charge in [-0.25, -0.2) is 4.68 Å². The van der Waals surface area contributed by atoms with Crippen molar-refractivity contribution in [1.82, 2.24) is 14.8 Å².